The van der Waals surface area contributed by atoms with E-state index in [9.17, 15) is 18.4 Å². The lowest BCUT2D eigenvalue weighted by Gasteiger charge is -2.49. The molecule has 2 atom stereocenters. The van der Waals surface area contributed by atoms with E-state index in [4.69, 9.17) is 4.74 Å². The van der Waals surface area contributed by atoms with Crippen molar-refractivity contribution in [3.63, 3.8) is 0 Å². The number of rotatable bonds is 4. The second kappa shape index (κ2) is 6.26. The van der Waals surface area contributed by atoms with Crippen molar-refractivity contribution in [2.75, 3.05) is 7.11 Å². The first-order valence-corrected chi connectivity index (χ1v) is 7.78. The van der Waals surface area contributed by atoms with Gasteiger partial charge in [0, 0.05) is 18.5 Å². The molecule has 3 aliphatic carbocycles. The van der Waals surface area contributed by atoms with Crippen LogP contribution in [0.2, 0.25) is 0 Å². The fraction of sp³-hybridized carbons (Fsp3) is 0.529. The zero-order valence-corrected chi connectivity index (χ0v) is 12.9. The number of benzene rings is 1. The molecule has 0 radical (unpaired) electrons. The number of ether oxygens (including phenoxy) is 1. The lowest BCUT2D eigenvalue weighted by atomic mass is 9.55. The fourth-order valence-corrected chi connectivity index (χ4v) is 3.82. The van der Waals surface area contributed by atoms with Crippen LogP contribution in [-0.2, 0) is 20.9 Å². The van der Waals surface area contributed by atoms with Crippen molar-refractivity contribution >= 4 is 11.9 Å². The molecule has 3 fully saturated rings. The van der Waals surface area contributed by atoms with Crippen LogP contribution < -0.4 is 5.32 Å². The van der Waals surface area contributed by atoms with Gasteiger partial charge in [-0.1, -0.05) is 0 Å². The number of esters is 1. The molecule has 4 nitrogen and oxygen atoms in total. The first-order valence-electron chi connectivity index (χ1n) is 7.78. The minimum atomic E-state index is -0.667. The number of hydrogen-bond donors (Lipinski definition) is 1. The molecule has 3 saturated carbocycles. The van der Waals surface area contributed by atoms with Crippen molar-refractivity contribution in [1.29, 1.82) is 0 Å². The standard InChI is InChI=1S/C17H19F2NO3/c1-23-17(22)15-7-14(10-4-11(15)5-10)16(21)20-8-9-2-12(18)6-13(19)3-9/h2-3,6,10-11,14-15H,4-5,7-8H2,1H3,(H,20,21)/t10?,11?,14-,15?/m0/s1. The smallest absolute Gasteiger partial charge is 0.308 e. The Morgan fingerprint density at radius 2 is 1.70 bits per heavy atom. The number of carbonyl (C=O) groups is 2. The van der Waals surface area contributed by atoms with Crippen LogP contribution in [0.3, 0.4) is 0 Å². The van der Waals surface area contributed by atoms with Crippen molar-refractivity contribution in [2.24, 2.45) is 23.7 Å². The summed E-state index contributed by atoms with van der Waals surface area (Å²) in [6, 6.07) is 3.18. The van der Waals surface area contributed by atoms with E-state index in [2.05, 4.69) is 5.32 Å². The highest BCUT2D eigenvalue weighted by molar-refractivity contribution is 5.81. The largest absolute Gasteiger partial charge is 0.469 e. The van der Waals surface area contributed by atoms with Crippen molar-refractivity contribution in [1.82, 2.24) is 5.32 Å². The number of hydrogen-bond acceptors (Lipinski definition) is 3. The number of nitrogens with one attached hydrogen (secondary N) is 1. The molecular formula is C17H19F2NO3. The van der Waals surface area contributed by atoms with Gasteiger partial charge in [0.15, 0.2) is 0 Å². The van der Waals surface area contributed by atoms with E-state index < -0.39 is 11.6 Å². The molecule has 124 valence electrons. The van der Waals surface area contributed by atoms with E-state index in [-0.39, 0.29) is 30.3 Å². The summed E-state index contributed by atoms with van der Waals surface area (Å²) in [6.07, 6.45) is 2.23. The Morgan fingerprint density at radius 1 is 1.09 bits per heavy atom. The minimum Gasteiger partial charge on any atom is -0.469 e. The van der Waals surface area contributed by atoms with Gasteiger partial charge >= 0.3 is 5.97 Å². The highest BCUT2D eigenvalue weighted by atomic mass is 19.1. The number of carbonyl (C=O) groups excluding carboxylic acids is 2. The summed E-state index contributed by atoms with van der Waals surface area (Å²) in [5.41, 5.74) is 0.377. The molecule has 1 aromatic carbocycles. The molecule has 23 heavy (non-hydrogen) atoms. The number of methoxy groups -OCH3 is 1. The van der Waals surface area contributed by atoms with Gasteiger partial charge in [0.1, 0.15) is 11.6 Å². The Hall–Kier alpha value is -1.98. The lowest BCUT2D eigenvalue weighted by molar-refractivity contribution is -0.158. The van der Waals surface area contributed by atoms with E-state index in [0.29, 0.717) is 23.8 Å². The Balaban J connectivity index is 1.61. The maximum absolute atomic E-state index is 13.2. The van der Waals surface area contributed by atoms with Gasteiger partial charge in [0.2, 0.25) is 5.91 Å². The molecule has 0 aromatic heterocycles. The van der Waals surface area contributed by atoms with Crippen LogP contribution in [0.5, 0.6) is 0 Å². The third kappa shape index (κ3) is 3.21. The summed E-state index contributed by atoms with van der Waals surface area (Å²) in [6.45, 7) is 0.0725. The Labute approximate surface area is 133 Å². The van der Waals surface area contributed by atoms with Gasteiger partial charge in [-0.2, -0.15) is 0 Å². The molecule has 3 aliphatic rings. The van der Waals surface area contributed by atoms with E-state index >= 15 is 0 Å². The zero-order valence-electron chi connectivity index (χ0n) is 12.9. The molecule has 1 unspecified atom stereocenters. The van der Waals surface area contributed by atoms with E-state index in [1.807, 2.05) is 0 Å². The van der Waals surface area contributed by atoms with Crippen LogP contribution >= 0.6 is 0 Å². The van der Waals surface area contributed by atoms with Crippen molar-refractivity contribution < 1.29 is 23.1 Å². The quantitative estimate of drug-likeness (QED) is 0.866. The summed E-state index contributed by atoms with van der Waals surface area (Å²) in [5, 5.41) is 2.73. The molecule has 4 rings (SSSR count). The van der Waals surface area contributed by atoms with Gasteiger partial charge in [0.05, 0.1) is 13.0 Å². The van der Waals surface area contributed by atoms with Crippen LogP contribution in [-0.4, -0.2) is 19.0 Å². The molecule has 6 heteroatoms. The van der Waals surface area contributed by atoms with Crippen LogP contribution in [0.4, 0.5) is 8.78 Å². The Morgan fingerprint density at radius 3 is 2.30 bits per heavy atom. The SMILES string of the molecule is COC(=O)C1C[C@H](C(=O)NCc2cc(F)cc(F)c2)C2CC1C2. The molecule has 1 N–H and O–H groups in total. The van der Waals surface area contributed by atoms with Gasteiger partial charge in [0.25, 0.3) is 0 Å². The topological polar surface area (TPSA) is 55.4 Å². The maximum atomic E-state index is 13.2. The van der Waals surface area contributed by atoms with Gasteiger partial charge in [-0.05, 0) is 48.8 Å². The van der Waals surface area contributed by atoms with Gasteiger partial charge in [-0.3, -0.25) is 9.59 Å². The minimum absolute atomic E-state index is 0.0725. The molecule has 1 aromatic rings. The second-order valence-electron chi connectivity index (χ2n) is 6.46. The Bertz CT molecular complexity index is 608. The van der Waals surface area contributed by atoms with Crippen LogP contribution in [0.1, 0.15) is 24.8 Å². The highest BCUT2D eigenvalue weighted by Gasteiger charge is 2.51. The van der Waals surface area contributed by atoms with E-state index in [1.54, 1.807) is 0 Å². The molecular weight excluding hydrogens is 304 g/mol. The number of fused-ring (bicyclic) bond motifs is 2. The fourth-order valence-electron chi connectivity index (χ4n) is 3.82. The summed E-state index contributed by atoms with van der Waals surface area (Å²) in [7, 11) is 1.36. The van der Waals surface area contributed by atoms with Crippen molar-refractivity contribution in [3.8, 4) is 0 Å². The van der Waals surface area contributed by atoms with E-state index in [1.165, 1.54) is 19.2 Å². The molecule has 1 amide bonds. The van der Waals surface area contributed by atoms with Crippen LogP contribution in [0.25, 0.3) is 0 Å². The van der Waals surface area contributed by atoms with E-state index in [0.717, 1.165) is 18.9 Å². The van der Waals surface area contributed by atoms with Crippen molar-refractivity contribution in [2.45, 2.75) is 25.8 Å². The van der Waals surface area contributed by atoms with Gasteiger partial charge < -0.3 is 10.1 Å². The average Bonchev–Trinajstić information content (AvgIpc) is 2.49. The first kappa shape index (κ1) is 15.9. The van der Waals surface area contributed by atoms with Crippen LogP contribution in [0, 0.1) is 35.3 Å². The maximum Gasteiger partial charge on any atom is 0.308 e. The molecule has 0 heterocycles. The number of amides is 1. The molecule has 0 spiro atoms. The summed E-state index contributed by atoms with van der Waals surface area (Å²) >= 11 is 0. The Kier molecular flexibility index (Phi) is 4.33. The normalized spacial score (nSPS) is 28.7. The summed E-state index contributed by atoms with van der Waals surface area (Å²) in [5.74, 6) is -1.57. The summed E-state index contributed by atoms with van der Waals surface area (Å²) < 4.78 is 31.1. The number of halogens is 2. The second-order valence-corrected chi connectivity index (χ2v) is 6.46. The van der Waals surface area contributed by atoms with Gasteiger partial charge in [-0.15, -0.1) is 0 Å². The predicted molar refractivity (Wildman–Crippen MR) is 78.0 cm³/mol. The molecule has 0 saturated heterocycles. The molecule has 0 aliphatic heterocycles. The van der Waals surface area contributed by atoms with Crippen LogP contribution in [0.15, 0.2) is 18.2 Å². The lowest BCUT2D eigenvalue weighted by Crippen LogP contribution is -2.50. The first-order chi connectivity index (χ1) is 11.0. The monoisotopic (exact) mass is 323 g/mol. The highest BCUT2D eigenvalue weighted by Crippen LogP contribution is 2.52. The van der Waals surface area contributed by atoms with Gasteiger partial charge in [-0.25, -0.2) is 8.78 Å². The third-order valence-corrected chi connectivity index (χ3v) is 5.09. The average molecular weight is 323 g/mol. The summed E-state index contributed by atoms with van der Waals surface area (Å²) in [4.78, 5) is 24.2. The van der Waals surface area contributed by atoms with Crippen molar-refractivity contribution in [3.05, 3.63) is 35.4 Å². The third-order valence-electron chi connectivity index (χ3n) is 5.09. The zero-order chi connectivity index (χ0) is 16.6. The molecule has 2 bridgehead atoms. The predicted octanol–water partition coefficient (Wildman–Crippen LogP) is 2.42.